The summed E-state index contributed by atoms with van der Waals surface area (Å²) in [6, 6.07) is 1.78. The van der Waals surface area contributed by atoms with Gasteiger partial charge in [0.2, 0.25) is 0 Å². The molecule has 0 aliphatic carbocycles. The third-order valence-electron chi connectivity index (χ3n) is 4.32. The number of furan rings is 1. The van der Waals surface area contributed by atoms with Crippen LogP contribution in [0, 0.1) is 0 Å². The second-order valence-corrected chi connectivity index (χ2v) is 5.79. The number of hydrogen-bond acceptors (Lipinski definition) is 5. The maximum absolute atomic E-state index is 12.0. The molecule has 0 unspecified atom stereocenters. The Kier molecular flexibility index (Phi) is 4.07. The van der Waals surface area contributed by atoms with Crippen LogP contribution in [0.5, 0.6) is 11.5 Å². The summed E-state index contributed by atoms with van der Waals surface area (Å²) < 4.78 is 10.9. The van der Waals surface area contributed by atoms with Crippen LogP contribution in [0.15, 0.2) is 16.7 Å². The normalized spacial score (nSPS) is 16.1. The maximum Gasteiger partial charge on any atom is 0.167 e. The number of benzene rings is 1. The molecule has 5 heteroatoms. The van der Waals surface area contributed by atoms with Crippen LogP contribution in [0.3, 0.4) is 0 Å². The zero-order valence-electron chi connectivity index (χ0n) is 13.0. The highest BCUT2D eigenvalue weighted by atomic mass is 16.5. The van der Waals surface area contributed by atoms with E-state index in [0.717, 1.165) is 31.3 Å². The Morgan fingerprint density at radius 1 is 1.36 bits per heavy atom. The van der Waals surface area contributed by atoms with E-state index in [-0.39, 0.29) is 17.1 Å². The van der Waals surface area contributed by atoms with Crippen LogP contribution >= 0.6 is 0 Å². The van der Waals surface area contributed by atoms with Gasteiger partial charge in [-0.2, -0.15) is 0 Å². The predicted molar refractivity (Wildman–Crippen MR) is 83.6 cm³/mol. The van der Waals surface area contributed by atoms with Crippen LogP contribution in [0.2, 0.25) is 0 Å². The highest BCUT2D eigenvalue weighted by molar-refractivity contribution is 6.06. The fourth-order valence-corrected chi connectivity index (χ4v) is 3.25. The number of carbonyl (C=O) groups is 1. The van der Waals surface area contributed by atoms with Crippen LogP contribution in [-0.2, 0) is 6.54 Å². The van der Waals surface area contributed by atoms with Gasteiger partial charge >= 0.3 is 0 Å². The molecule has 0 atom stereocenters. The van der Waals surface area contributed by atoms with E-state index in [9.17, 15) is 9.90 Å². The third kappa shape index (κ3) is 2.46. The smallest absolute Gasteiger partial charge is 0.167 e. The van der Waals surface area contributed by atoms with E-state index in [4.69, 9.17) is 9.15 Å². The first kappa shape index (κ1) is 14.9. The molecule has 1 aliphatic rings. The van der Waals surface area contributed by atoms with Gasteiger partial charge in [-0.05, 0) is 38.9 Å². The van der Waals surface area contributed by atoms with Gasteiger partial charge in [-0.1, -0.05) is 6.42 Å². The summed E-state index contributed by atoms with van der Waals surface area (Å²) in [5.41, 5.74) is 1.52. The number of piperidine rings is 1. The Balaban J connectivity index is 2.13. The average Bonchev–Trinajstić information content (AvgIpc) is 2.99. The second kappa shape index (κ2) is 6.01. The quantitative estimate of drug-likeness (QED) is 0.878. The van der Waals surface area contributed by atoms with E-state index >= 15 is 0 Å². The number of aromatic hydroxyl groups is 1. The average molecular weight is 303 g/mol. The molecule has 0 amide bonds. The van der Waals surface area contributed by atoms with Gasteiger partial charge < -0.3 is 14.3 Å². The van der Waals surface area contributed by atoms with Crippen molar-refractivity contribution in [1.29, 1.82) is 0 Å². The molecule has 1 saturated heterocycles. The summed E-state index contributed by atoms with van der Waals surface area (Å²) in [6.45, 7) is 4.03. The molecule has 1 aromatic carbocycles. The van der Waals surface area contributed by atoms with Crippen LogP contribution < -0.4 is 4.74 Å². The summed E-state index contributed by atoms with van der Waals surface area (Å²) in [6.07, 6.45) is 5.14. The Morgan fingerprint density at radius 3 is 2.73 bits per heavy atom. The molecule has 1 N–H and O–H groups in total. The van der Waals surface area contributed by atoms with E-state index < -0.39 is 0 Å². The molecule has 5 nitrogen and oxygen atoms in total. The zero-order valence-corrected chi connectivity index (χ0v) is 13.0. The number of nitrogens with zero attached hydrogens (tertiary/aromatic N) is 1. The molecule has 1 aliphatic heterocycles. The van der Waals surface area contributed by atoms with Crippen LogP contribution in [0.25, 0.3) is 11.0 Å². The number of hydrogen-bond donors (Lipinski definition) is 1. The molecule has 118 valence electrons. The standard InChI is InChI=1S/C17H21NO4/c1-11(19)14-15(20)13(10-18-7-4-3-5-8-18)16-12(6-9-22-16)17(14)21-2/h6,9,20H,3-5,7-8,10H2,1-2H3. The number of likely N-dealkylation sites (tertiary alicyclic amines) is 1. The second-order valence-electron chi connectivity index (χ2n) is 5.79. The summed E-state index contributed by atoms with van der Waals surface area (Å²) in [7, 11) is 1.50. The minimum Gasteiger partial charge on any atom is -0.507 e. The van der Waals surface area contributed by atoms with Crippen LogP contribution in [0.1, 0.15) is 42.1 Å². The SMILES string of the molecule is COc1c(C(C)=O)c(O)c(CN2CCCCC2)c2occc12. The van der Waals surface area contributed by atoms with Gasteiger partial charge in [-0.25, -0.2) is 0 Å². The lowest BCUT2D eigenvalue weighted by atomic mass is 9.99. The van der Waals surface area contributed by atoms with E-state index in [1.54, 1.807) is 12.3 Å². The van der Waals surface area contributed by atoms with E-state index in [0.29, 0.717) is 23.4 Å². The molecule has 22 heavy (non-hydrogen) atoms. The number of phenolic OH excluding ortho intramolecular Hbond substituents is 1. The molecule has 0 radical (unpaired) electrons. The van der Waals surface area contributed by atoms with Crippen molar-refractivity contribution in [1.82, 2.24) is 4.90 Å². The number of methoxy groups -OCH3 is 1. The summed E-state index contributed by atoms with van der Waals surface area (Å²) in [4.78, 5) is 14.3. The number of Topliss-reactive ketones (excluding diaryl/α,β-unsaturated/α-hetero) is 1. The van der Waals surface area contributed by atoms with E-state index in [1.807, 2.05) is 0 Å². The molecule has 0 bridgehead atoms. The van der Waals surface area contributed by atoms with Crippen LogP contribution in [-0.4, -0.2) is 36.0 Å². The highest BCUT2D eigenvalue weighted by Gasteiger charge is 2.26. The Morgan fingerprint density at radius 2 is 2.09 bits per heavy atom. The van der Waals surface area contributed by atoms with Gasteiger partial charge in [0.25, 0.3) is 0 Å². The first-order valence-corrected chi connectivity index (χ1v) is 7.65. The molecule has 2 heterocycles. The molecule has 3 rings (SSSR count). The largest absolute Gasteiger partial charge is 0.507 e. The minimum atomic E-state index is -0.211. The summed E-state index contributed by atoms with van der Waals surface area (Å²) in [5.74, 6) is 0.158. The van der Waals surface area contributed by atoms with E-state index in [1.165, 1.54) is 20.5 Å². The van der Waals surface area contributed by atoms with Crippen molar-refractivity contribution in [3.63, 3.8) is 0 Å². The van der Waals surface area contributed by atoms with Crippen molar-refractivity contribution < 1.29 is 19.1 Å². The lowest BCUT2D eigenvalue weighted by molar-refractivity contribution is 0.101. The summed E-state index contributed by atoms with van der Waals surface area (Å²) in [5, 5.41) is 11.4. The van der Waals surface area contributed by atoms with Gasteiger partial charge in [-0.3, -0.25) is 9.69 Å². The third-order valence-corrected chi connectivity index (χ3v) is 4.32. The lowest BCUT2D eigenvalue weighted by Gasteiger charge is -2.27. The van der Waals surface area contributed by atoms with Gasteiger partial charge in [0.15, 0.2) is 5.78 Å². The minimum absolute atomic E-state index is 0.0163. The van der Waals surface area contributed by atoms with Gasteiger partial charge in [0.05, 0.1) is 24.3 Å². The lowest BCUT2D eigenvalue weighted by Crippen LogP contribution is -2.29. The first-order valence-electron chi connectivity index (χ1n) is 7.65. The number of phenols is 1. The first-order chi connectivity index (χ1) is 10.6. The van der Waals surface area contributed by atoms with Crippen molar-refractivity contribution in [2.75, 3.05) is 20.2 Å². The topological polar surface area (TPSA) is 62.9 Å². The van der Waals surface area contributed by atoms with Crippen LogP contribution in [0.4, 0.5) is 0 Å². The fourth-order valence-electron chi connectivity index (χ4n) is 3.25. The number of fused-ring (bicyclic) bond motifs is 1. The Labute approximate surface area is 129 Å². The van der Waals surface area contributed by atoms with Gasteiger partial charge in [0, 0.05) is 6.54 Å². The molecule has 0 saturated carbocycles. The Bertz CT molecular complexity index is 698. The fraction of sp³-hybridized carbons (Fsp3) is 0.471. The molecule has 1 fully saturated rings. The van der Waals surface area contributed by atoms with E-state index in [2.05, 4.69) is 4.90 Å². The molecule has 2 aromatic rings. The van der Waals surface area contributed by atoms with Gasteiger partial charge in [0.1, 0.15) is 22.6 Å². The molecule has 1 aromatic heterocycles. The summed E-state index contributed by atoms with van der Waals surface area (Å²) >= 11 is 0. The maximum atomic E-state index is 12.0. The zero-order chi connectivity index (χ0) is 15.7. The number of carbonyl (C=O) groups excluding carboxylic acids is 1. The molecule has 0 spiro atoms. The number of rotatable bonds is 4. The van der Waals surface area contributed by atoms with Gasteiger partial charge in [-0.15, -0.1) is 0 Å². The van der Waals surface area contributed by atoms with Crippen molar-refractivity contribution in [2.45, 2.75) is 32.7 Å². The van der Waals surface area contributed by atoms with Crippen molar-refractivity contribution in [3.8, 4) is 11.5 Å². The Hall–Kier alpha value is -2.01. The van der Waals surface area contributed by atoms with Crippen molar-refractivity contribution in [2.24, 2.45) is 0 Å². The number of ether oxygens (including phenoxy) is 1. The monoisotopic (exact) mass is 303 g/mol. The number of ketones is 1. The predicted octanol–water partition coefficient (Wildman–Crippen LogP) is 3.34. The molecular formula is C17H21NO4. The van der Waals surface area contributed by atoms with Crippen molar-refractivity contribution >= 4 is 16.8 Å². The van der Waals surface area contributed by atoms with Crippen molar-refractivity contribution in [3.05, 3.63) is 23.5 Å². The highest BCUT2D eigenvalue weighted by Crippen LogP contribution is 2.41. The molecular weight excluding hydrogens is 282 g/mol.